The van der Waals surface area contributed by atoms with Crippen LogP contribution in [0.25, 0.3) is 0 Å². The number of nitrogens with zero attached hydrogens (tertiary/aromatic N) is 1. The van der Waals surface area contributed by atoms with E-state index in [9.17, 15) is 14.7 Å². The van der Waals surface area contributed by atoms with Gasteiger partial charge in [-0.1, -0.05) is 24.3 Å². The summed E-state index contributed by atoms with van der Waals surface area (Å²) >= 11 is 0. The van der Waals surface area contributed by atoms with Gasteiger partial charge in [-0.15, -0.1) is 0 Å². The minimum atomic E-state index is -0.0344. The molecule has 0 radical (unpaired) electrons. The van der Waals surface area contributed by atoms with Gasteiger partial charge in [0.1, 0.15) is 5.75 Å². The average Bonchev–Trinajstić information content (AvgIpc) is 3.02. The normalized spacial score (nSPS) is 17.0. The summed E-state index contributed by atoms with van der Waals surface area (Å²) in [5.41, 5.74) is 2.23. The molecule has 0 saturated carbocycles. The first-order valence-electron chi connectivity index (χ1n) is 8.21. The Hall–Kier alpha value is -2.62. The van der Waals surface area contributed by atoms with Gasteiger partial charge in [-0.25, -0.2) is 0 Å². The predicted octanol–water partition coefficient (Wildman–Crippen LogP) is 3.30. The number of rotatable bonds is 4. The van der Waals surface area contributed by atoms with Gasteiger partial charge in [-0.2, -0.15) is 0 Å². The highest BCUT2D eigenvalue weighted by Gasteiger charge is 2.27. The summed E-state index contributed by atoms with van der Waals surface area (Å²) in [5.74, 6) is 0.621. The molecule has 1 aliphatic rings. The lowest BCUT2D eigenvalue weighted by molar-refractivity contribution is 0.0787. The molecule has 1 fully saturated rings. The van der Waals surface area contributed by atoms with Crippen LogP contribution in [0.3, 0.4) is 0 Å². The number of phenols is 1. The molecular weight excluding hydrogens is 302 g/mol. The number of carbonyl (C=O) groups excluding carboxylic acids is 2. The first-order chi connectivity index (χ1) is 11.5. The molecule has 1 aliphatic heterocycles. The van der Waals surface area contributed by atoms with Crippen LogP contribution in [0.5, 0.6) is 5.75 Å². The van der Waals surface area contributed by atoms with Gasteiger partial charge in [0.25, 0.3) is 5.91 Å². The van der Waals surface area contributed by atoms with Crippen molar-refractivity contribution in [1.82, 2.24) is 4.90 Å². The van der Waals surface area contributed by atoms with E-state index in [1.165, 1.54) is 6.92 Å². The molecule has 2 aromatic rings. The van der Waals surface area contributed by atoms with E-state index >= 15 is 0 Å². The number of hydrogen-bond acceptors (Lipinski definition) is 3. The standard InChI is InChI=1S/C20H21NO3/c1-14(22)17-5-3-6-18(12-17)20(24)21-9-8-16(13-21)10-15-4-2-7-19(23)11-15/h2-7,11-12,16,23H,8-10,13H2,1H3. The Morgan fingerprint density at radius 1 is 1.12 bits per heavy atom. The van der Waals surface area contributed by atoms with Gasteiger partial charge in [-0.05, 0) is 55.5 Å². The second-order valence-electron chi connectivity index (χ2n) is 6.42. The number of aromatic hydroxyl groups is 1. The van der Waals surface area contributed by atoms with E-state index in [1.54, 1.807) is 36.4 Å². The maximum atomic E-state index is 12.6. The third-order valence-corrected chi connectivity index (χ3v) is 4.52. The van der Waals surface area contributed by atoms with Crippen molar-refractivity contribution in [2.24, 2.45) is 5.92 Å². The lowest BCUT2D eigenvalue weighted by Gasteiger charge is -2.17. The third-order valence-electron chi connectivity index (χ3n) is 4.52. The number of carbonyl (C=O) groups is 2. The lowest BCUT2D eigenvalue weighted by atomic mass is 9.98. The molecule has 0 aromatic heterocycles. The summed E-state index contributed by atoms with van der Waals surface area (Å²) in [4.78, 5) is 26.0. The first kappa shape index (κ1) is 16.2. The van der Waals surface area contributed by atoms with Crippen LogP contribution in [-0.2, 0) is 6.42 Å². The smallest absolute Gasteiger partial charge is 0.253 e. The molecule has 4 heteroatoms. The van der Waals surface area contributed by atoms with E-state index in [1.807, 2.05) is 17.0 Å². The number of Topliss-reactive ketones (excluding diaryl/α,β-unsaturated/α-hetero) is 1. The SMILES string of the molecule is CC(=O)c1cccc(C(=O)N2CCC(Cc3cccc(O)c3)C2)c1. The van der Waals surface area contributed by atoms with Crippen molar-refractivity contribution >= 4 is 11.7 Å². The molecule has 1 atom stereocenters. The molecule has 0 bridgehead atoms. The van der Waals surface area contributed by atoms with Gasteiger partial charge in [-0.3, -0.25) is 9.59 Å². The monoisotopic (exact) mass is 323 g/mol. The summed E-state index contributed by atoms with van der Waals surface area (Å²) in [7, 11) is 0. The predicted molar refractivity (Wildman–Crippen MR) is 92.3 cm³/mol. The summed E-state index contributed by atoms with van der Waals surface area (Å²) in [6.07, 6.45) is 1.81. The van der Waals surface area contributed by atoms with Crippen LogP contribution in [0.15, 0.2) is 48.5 Å². The number of benzene rings is 2. The van der Waals surface area contributed by atoms with Crippen LogP contribution in [0.4, 0.5) is 0 Å². The Bertz CT molecular complexity index is 769. The van der Waals surface area contributed by atoms with E-state index in [4.69, 9.17) is 0 Å². The molecule has 3 rings (SSSR count). The van der Waals surface area contributed by atoms with Crippen molar-refractivity contribution in [3.63, 3.8) is 0 Å². The van der Waals surface area contributed by atoms with Crippen LogP contribution < -0.4 is 0 Å². The largest absolute Gasteiger partial charge is 0.508 e. The quantitative estimate of drug-likeness (QED) is 0.878. The minimum Gasteiger partial charge on any atom is -0.508 e. The van der Waals surface area contributed by atoms with E-state index in [2.05, 4.69) is 0 Å². The van der Waals surface area contributed by atoms with Gasteiger partial charge in [0.2, 0.25) is 0 Å². The molecule has 1 heterocycles. The van der Waals surface area contributed by atoms with Crippen LogP contribution in [0.2, 0.25) is 0 Å². The van der Waals surface area contributed by atoms with Crippen molar-refractivity contribution in [2.75, 3.05) is 13.1 Å². The van der Waals surface area contributed by atoms with E-state index in [0.29, 0.717) is 23.6 Å². The Labute approximate surface area is 141 Å². The number of likely N-dealkylation sites (tertiary alicyclic amines) is 1. The molecule has 4 nitrogen and oxygen atoms in total. The fourth-order valence-electron chi connectivity index (χ4n) is 3.25. The molecular formula is C20H21NO3. The van der Waals surface area contributed by atoms with Crippen molar-refractivity contribution in [3.05, 3.63) is 65.2 Å². The van der Waals surface area contributed by atoms with Gasteiger partial charge >= 0.3 is 0 Å². The van der Waals surface area contributed by atoms with Crippen LogP contribution in [0.1, 0.15) is 39.6 Å². The van der Waals surface area contributed by atoms with Crippen molar-refractivity contribution in [3.8, 4) is 5.75 Å². The number of amides is 1. The Balaban J connectivity index is 1.65. The van der Waals surface area contributed by atoms with Gasteiger partial charge < -0.3 is 10.0 Å². The fraction of sp³-hybridized carbons (Fsp3) is 0.300. The molecule has 124 valence electrons. The second-order valence-corrected chi connectivity index (χ2v) is 6.42. The van der Waals surface area contributed by atoms with E-state index in [0.717, 1.165) is 24.9 Å². The van der Waals surface area contributed by atoms with Gasteiger partial charge in [0.05, 0.1) is 0 Å². The number of phenolic OH excluding ortho intramolecular Hbond substituents is 1. The van der Waals surface area contributed by atoms with Crippen molar-refractivity contribution in [2.45, 2.75) is 19.8 Å². The van der Waals surface area contributed by atoms with Crippen molar-refractivity contribution < 1.29 is 14.7 Å². The fourth-order valence-corrected chi connectivity index (χ4v) is 3.25. The van der Waals surface area contributed by atoms with E-state index < -0.39 is 0 Å². The van der Waals surface area contributed by atoms with Crippen LogP contribution >= 0.6 is 0 Å². The summed E-state index contributed by atoms with van der Waals surface area (Å²) in [5, 5.41) is 9.55. The number of hydrogen-bond donors (Lipinski definition) is 1. The van der Waals surface area contributed by atoms with Crippen LogP contribution in [-0.4, -0.2) is 34.8 Å². The molecule has 24 heavy (non-hydrogen) atoms. The Kier molecular flexibility index (Phi) is 4.65. The third kappa shape index (κ3) is 3.65. The Morgan fingerprint density at radius 2 is 1.88 bits per heavy atom. The topological polar surface area (TPSA) is 57.6 Å². The maximum Gasteiger partial charge on any atom is 0.253 e. The highest BCUT2D eigenvalue weighted by atomic mass is 16.3. The maximum absolute atomic E-state index is 12.6. The van der Waals surface area contributed by atoms with Gasteiger partial charge in [0, 0.05) is 24.2 Å². The average molecular weight is 323 g/mol. The summed E-state index contributed by atoms with van der Waals surface area (Å²) < 4.78 is 0. The molecule has 0 spiro atoms. The second kappa shape index (κ2) is 6.87. The minimum absolute atomic E-state index is 0.0171. The first-order valence-corrected chi connectivity index (χ1v) is 8.21. The van der Waals surface area contributed by atoms with Crippen molar-refractivity contribution in [1.29, 1.82) is 0 Å². The summed E-state index contributed by atoms with van der Waals surface area (Å²) in [6.45, 7) is 2.94. The Morgan fingerprint density at radius 3 is 2.62 bits per heavy atom. The highest BCUT2D eigenvalue weighted by molar-refractivity contribution is 5.99. The number of ketones is 1. The van der Waals surface area contributed by atoms with Gasteiger partial charge in [0.15, 0.2) is 5.78 Å². The zero-order valence-electron chi connectivity index (χ0n) is 13.7. The van der Waals surface area contributed by atoms with Crippen LogP contribution in [0, 0.1) is 5.92 Å². The zero-order valence-corrected chi connectivity index (χ0v) is 13.7. The molecule has 1 saturated heterocycles. The van der Waals surface area contributed by atoms with E-state index in [-0.39, 0.29) is 17.4 Å². The summed E-state index contributed by atoms with van der Waals surface area (Å²) in [6, 6.07) is 14.2. The molecule has 1 unspecified atom stereocenters. The molecule has 1 amide bonds. The highest BCUT2D eigenvalue weighted by Crippen LogP contribution is 2.24. The zero-order chi connectivity index (χ0) is 17.1. The molecule has 0 aliphatic carbocycles. The molecule has 2 aromatic carbocycles. The lowest BCUT2D eigenvalue weighted by Crippen LogP contribution is -2.29. The molecule has 1 N–H and O–H groups in total.